The van der Waals surface area contributed by atoms with Crippen LogP contribution in [0.4, 0.5) is 5.69 Å². The summed E-state index contributed by atoms with van der Waals surface area (Å²) in [4.78, 5) is 1.56. The van der Waals surface area contributed by atoms with E-state index in [-0.39, 0.29) is 0 Å². The molecule has 0 radical (unpaired) electrons. The van der Waals surface area contributed by atoms with Crippen LogP contribution in [0, 0.1) is 9.81 Å². The van der Waals surface area contributed by atoms with Crippen LogP contribution in [0.15, 0.2) is 24.3 Å². The molecule has 0 bridgehead atoms. The van der Waals surface area contributed by atoms with E-state index in [0.717, 1.165) is 5.75 Å². The molecular formula is C16H18INOS. The van der Waals surface area contributed by atoms with Gasteiger partial charge in [-0.1, -0.05) is 0 Å². The third-order valence-corrected chi connectivity index (χ3v) is 5.79. The zero-order valence-electron chi connectivity index (χ0n) is 11.7. The molecule has 1 aromatic carbocycles. The molecule has 2 nitrogen and oxygen atoms in total. The number of rotatable bonds is 3. The van der Waals surface area contributed by atoms with Gasteiger partial charge in [-0.25, -0.2) is 0 Å². The van der Waals surface area contributed by atoms with Crippen LogP contribution in [0.2, 0.25) is 0 Å². The number of hydrogen-bond donors (Lipinski definition) is 1. The first-order chi connectivity index (χ1) is 9.67. The lowest BCUT2D eigenvalue weighted by molar-refractivity contribution is 0.411. The molecule has 1 aromatic heterocycles. The monoisotopic (exact) mass is 399 g/mol. The fourth-order valence-corrected chi connectivity index (χ4v) is 4.96. The second-order valence-electron chi connectivity index (χ2n) is 5.20. The predicted molar refractivity (Wildman–Crippen MR) is 94.1 cm³/mol. The zero-order valence-corrected chi connectivity index (χ0v) is 14.7. The van der Waals surface area contributed by atoms with E-state index in [1.54, 1.807) is 12.0 Å². The molecule has 106 valence electrons. The number of fused-ring (bicyclic) bond motifs is 1. The maximum atomic E-state index is 5.32. The number of hydrogen-bond acceptors (Lipinski definition) is 3. The van der Waals surface area contributed by atoms with Crippen molar-refractivity contribution >= 4 is 39.6 Å². The minimum atomic E-state index is 0.450. The van der Waals surface area contributed by atoms with E-state index in [1.165, 1.54) is 39.0 Å². The highest BCUT2D eigenvalue weighted by Gasteiger charge is 2.22. The summed E-state index contributed by atoms with van der Waals surface area (Å²) in [5.41, 5.74) is 3.86. The zero-order chi connectivity index (χ0) is 14.1. The van der Waals surface area contributed by atoms with Crippen molar-refractivity contribution < 1.29 is 4.74 Å². The van der Waals surface area contributed by atoms with Gasteiger partial charge < -0.3 is 10.1 Å². The van der Waals surface area contributed by atoms with Gasteiger partial charge in [0.1, 0.15) is 5.75 Å². The maximum absolute atomic E-state index is 5.32. The fourth-order valence-electron chi connectivity index (χ4n) is 2.84. The van der Waals surface area contributed by atoms with Gasteiger partial charge in [-0.2, -0.15) is 0 Å². The lowest BCUT2D eigenvalue weighted by Crippen LogP contribution is -2.15. The van der Waals surface area contributed by atoms with Crippen molar-refractivity contribution in [2.24, 2.45) is 0 Å². The van der Waals surface area contributed by atoms with Gasteiger partial charge in [0.2, 0.25) is 0 Å². The number of ether oxygens (including phenoxy) is 1. The van der Waals surface area contributed by atoms with E-state index in [9.17, 15) is 0 Å². The van der Waals surface area contributed by atoms with Crippen LogP contribution in [0.3, 0.4) is 0 Å². The van der Waals surface area contributed by atoms with E-state index in [2.05, 4.69) is 53.0 Å². The molecule has 1 unspecified atom stereocenters. The Morgan fingerprint density at radius 3 is 2.95 bits per heavy atom. The van der Waals surface area contributed by atoms with Gasteiger partial charge in [-0.05, 0) is 84.2 Å². The molecule has 4 heteroatoms. The van der Waals surface area contributed by atoms with Gasteiger partial charge in [-0.15, -0.1) is 11.3 Å². The fraction of sp³-hybridized carbons (Fsp3) is 0.375. The van der Waals surface area contributed by atoms with Crippen LogP contribution in [-0.4, -0.2) is 7.11 Å². The highest BCUT2D eigenvalue weighted by Crippen LogP contribution is 2.38. The molecule has 1 atom stereocenters. The van der Waals surface area contributed by atoms with Gasteiger partial charge >= 0.3 is 0 Å². The van der Waals surface area contributed by atoms with Crippen molar-refractivity contribution in [3.05, 3.63) is 43.2 Å². The highest BCUT2D eigenvalue weighted by molar-refractivity contribution is 14.1. The minimum absolute atomic E-state index is 0.450. The Hall–Kier alpha value is -0.750. The molecular weight excluding hydrogens is 381 g/mol. The molecule has 0 saturated carbocycles. The quantitative estimate of drug-likeness (QED) is 0.720. The SMILES string of the molecule is COc1ccc(NC2CCCc3sc(I)cc32)cc1C. The van der Waals surface area contributed by atoms with E-state index in [4.69, 9.17) is 4.74 Å². The summed E-state index contributed by atoms with van der Waals surface area (Å²) in [5, 5.41) is 3.69. The number of halogens is 1. The molecule has 1 aliphatic carbocycles. The van der Waals surface area contributed by atoms with Crippen molar-refractivity contribution in [3.63, 3.8) is 0 Å². The lowest BCUT2D eigenvalue weighted by Gasteiger charge is -2.25. The van der Waals surface area contributed by atoms with Crippen LogP contribution in [0.1, 0.15) is 34.9 Å². The third-order valence-electron chi connectivity index (χ3n) is 3.82. The molecule has 20 heavy (non-hydrogen) atoms. The largest absolute Gasteiger partial charge is 0.496 e. The molecule has 2 aromatic rings. The Balaban J connectivity index is 1.83. The van der Waals surface area contributed by atoms with Gasteiger partial charge in [0.15, 0.2) is 0 Å². The van der Waals surface area contributed by atoms with Gasteiger partial charge in [0.05, 0.1) is 16.0 Å². The van der Waals surface area contributed by atoms with Crippen molar-refractivity contribution in [1.29, 1.82) is 0 Å². The average Bonchev–Trinajstić information content (AvgIpc) is 2.80. The molecule has 1 aliphatic rings. The molecule has 1 heterocycles. The second-order valence-corrected chi connectivity index (χ2v) is 8.23. The van der Waals surface area contributed by atoms with E-state index >= 15 is 0 Å². The lowest BCUT2D eigenvalue weighted by atomic mass is 9.94. The van der Waals surface area contributed by atoms with Crippen LogP contribution in [0.5, 0.6) is 5.75 Å². The molecule has 3 rings (SSSR count). The van der Waals surface area contributed by atoms with Crippen molar-refractivity contribution in [1.82, 2.24) is 0 Å². The van der Waals surface area contributed by atoms with Gasteiger partial charge in [-0.3, -0.25) is 0 Å². The number of thiophene rings is 1. The van der Waals surface area contributed by atoms with Gasteiger partial charge in [0, 0.05) is 10.6 Å². The first-order valence-electron chi connectivity index (χ1n) is 6.86. The topological polar surface area (TPSA) is 21.3 Å². The first-order valence-corrected chi connectivity index (χ1v) is 8.76. The summed E-state index contributed by atoms with van der Waals surface area (Å²) in [6.07, 6.45) is 3.73. The van der Waals surface area contributed by atoms with Crippen LogP contribution in [-0.2, 0) is 6.42 Å². The normalized spacial score (nSPS) is 17.6. The van der Waals surface area contributed by atoms with Crippen molar-refractivity contribution in [2.45, 2.75) is 32.2 Å². The maximum Gasteiger partial charge on any atom is 0.121 e. The predicted octanol–water partition coefficient (Wildman–Crippen LogP) is 5.16. The molecule has 0 aliphatic heterocycles. The molecule has 1 N–H and O–H groups in total. The molecule has 0 fully saturated rings. The number of benzene rings is 1. The molecule has 0 saturated heterocycles. The van der Waals surface area contributed by atoms with Crippen LogP contribution < -0.4 is 10.1 Å². The Bertz CT molecular complexity index is 623. The first kappa shape index (κ1) is 14.2. The van der Waals surface area contributed by atoms with E-state index in [0.29, 0.717) is 6.04 Å². The average molecular weight is 399 g/mol. The number of aryl methyl sites for hydroxylation is 2. The summed E-state index contributed by atoms with van der Waals surface area (Å²) in [7, 11) is 1.72. The Morgan fingerprint density at radius 2 is 2.20 bits per heavy atom. The summed E-state index contributed by atoms with van der Waals surface area (Å²) >= 11 is 4.37. The van der Waals surface area contributed by atoms with E-state index in [1.807, 2.05) is 17.4 Å². The third kappa shape index (κ3) is 2.81. The standard InChI is InChI=1S/C16H18INOS/c1-10-8-11(6-7-14(10)19-2)18-13-4-3-5-15-12(13)9-16(17)20-15/h6-9,13,18H,3-5H2,1-2H3. The second kappa shape index (κ2) is 5.93. The Labute approximate surface area is 137 Å². The summed E-state index contributed by atoms with van der Waals surface area (Å²) in [5.74, 6) is 0.949. The Kier molecular flexibility index (Phi) is 4.21. The van der Waals surface area contributed by atoms with Crippen LogP contribution in [0.25, 0.3) is 0 Å². The number of methoxy groups -OCH3 is 1. The molecule has 0 amide bonds. The van der Waals surface area contributed by atoms with E-state index < -0.39 is 0 Å². The van der Waals surface area contributed by atoms with Crippen molar-refractivity contribution in [3.8, 4) is 5.75 Å². The summed E-state index contributed by atoms with van der Waals surface area (Å²) in [6, 6.07) is 9.11. The number of anilines is 1. The molecule has 0 spiro atoms. The van der Waals surface area contributed by atoms with Gasteiger partial charge in [0.25, 0.3) is 0 Å². The Morgan fingerprint density at radius 1 is 1.35 bits per heavy atom. The summed E-state index contributed by atoms with van der Waals surface area (Å²) < 4.78 is 6.72. The minimum Gasteiger partial charge on any atom is -0.496 e. The smallest absolute Gasteiger partial charge is 0.121 e. The summed E-state index contributed by atoms with van der Waals surface area (Å²) in [6.45, 7) is 2.09. The number of nitrogens with one attached hydrogen (secondary N) is 1. The van der Waals surface area contributed by atoms with Crippen LogP contribution >= 0.6 is 33.9 Å². The highest BCUT2D eigenvalue weighted by atomic mass is 127. The van der Waals surface area contributed by atoms with Crippen molar-refractivity contribution in [2.75, 3.05) is 12.4 Å².